The van der Waals surface area contributed by atoms with Crippen LogP contribution >= 0.6 is 0 Å². The van der Waals surface area contributed by atoms with E-state index in [-0.39, 0.29) is 5.03 Å². The van der Waals surface area contributed by atoms with Crippen LogP contribution in [0, 0.1) is 0 Å². The zero-order chi connectivity index (χ0) is 13.5. The van der Waals surface area contributed by atoms with Crippen LogP contribution < -0.4 is 5.56 Å². The third-order valence-electron chi connectivity index (χ3n) is 2.74. The van der Waals surface area contributed by atoms with Gasteiger partial charge in [0.25, 0.3) is 15.6 Å². The molecule has 1 N–H and O–H groups in total. The van der Waals surface area contributed by atoms with Gasteiger partial charge in [0, 0.05) is 17.6 Å². The maximum absolute atomic E-state index is 12.4. The summed E-state index contributed by atoms with van der Waals surface area (Å²) in [6, 6.07) is 11.1. The number of para-hydroxylation sites is 1. The molecule has 3 aromatic rings. The first-order chi connectivity index (χ1) is 9.09. The second-order valence-electron chi connectivity index (χ2n) is 3.93. The van der Waals surface area contributed by atoms with Crippen LogP contribution in [0.15, 0.2) is 58.5 Å². The first kappa shape index (κ1) is 11.7. The summed E-state index contributed by atoms with van der Waals surface area (Å²) in [6.07, 6.45) is 1.47. The minimum atomic E-state index is -3.80. The van der Waals surface area contributed by atoms with Crippen molar-refractivity contribution < 1.29 is 8.42 Å². The van der Waals surface area contributed by atoms with E-state index in [0.717, 1.165) is 15.4 Å². The average Bonchev–Trinajstić information content (AvgIpc) is 2.83. The molecule has 0 saturated heterocycles. The van der Waals surface area contributed by atoms with Crippen LogP contribution in [0.4, 0.5) is 0 Å². The van der Waals surface area contributed by atoms with Gasteiger partial charge in [-0.15, -0.1) is 0 Å². The molecule has 0 aliphatic rings. The van der Waals surface area contributed by atoms with Crippen molar-refractivity contribution in [2.24, 2.45) is 0 Å². The lowest BCUT2D eigenvalue weighted by Gasteiger charge is -2.05. The molecule has 0 atom stereocenters. The molecule has 0 radical (unpaired) electrons. The van der Waals surface area contributed by atoms with Crippen LogP contribution in [0.1, 0.15) is 0 Å². The number of aromatic amines is 1. The summed E-state index contributed by atoms with van der Waals surface area (Å²) in [6.45, 7) is 0. The van der Waals surface area contributed by atoms with Crippen LogP contribution in [0.5, 0.6) is 0 Å². The Morgan fingerprint density at radius 2 is 1.84 bits per heavy atom. The van der Waals surface area contributed by atoms with E-state index in [0.29, 0.717) is 5.52 Å². The predicted octanol–water partition coefficient (Wildman–Crippen LogP) is 0.962. The van der Waals surface area contributed by atoms with Crippen molar-refractivity contribution >= 4 is 20.9 Å². The molecule has 0 amide bonds. The fraction of sp³-hybridized carbons (Fsp3) is 0. The molecule has 0 spiro atoms. The van der Waals surface area contributed by atoms with E-state index < -0.39 is 15.6 Å². The van der Waals surface area contributed by atoms with Gasteiger partial charge >= 0.3 is 0 Å². The SMILES string of the molecule is O=c1ccc(S(=O)(=O)n2ccc3ccccc32)n[nH]1. The quantitative estimate of drug-likeness (QED) is 0.755. The lowest BCUT2D eigenvalue weighted by Crippen LogP contribution is -2.17. The maximum Gasteiger partial charge on any atom is 0.287 e. The Hall–Kier alpha value is -2.41. The summed E-state index contributed by atoms with van der Waals surface area (Å²) in [5.74, 6) is 0. The van der Waals surface area contributed by atoms with Gasteiger partial charge in [0.15, 0.2) is 5.03 Å². The van der Waals surface area contributed by atoms with Crippen LogP contribution in [0.25, 0.3) is 10.9 Å². The van der Waals surface area contributed by atoms with Crippen molar-refractivity contribution in [3.63, 3.8) is 0 Å². The van der Waals surface area contributed by atoms with Crippen molar-refractivity contribution in [1.29, 1.82) is 0 Å². The lowest BCUT2D eigenvalue weighted by atomic mass is 10.3. The number of hydrogen-bond acceptors (Lipinski definition) is 4. The standard InChI is InChI=1S/C12H9N3O3S/c16-11-5-6-12(14-13-11)19(17,18)15-8-7-9-3-1-2-4-10(9)15/h1-8H,(H,13,16). The summed E-state index contributed by atoms with van der Waals surface area (Å²) in [4.78, 5) is 10.9. The predicted molar refractivity (Wildman–Crippen MR) is 69.4 cm³/mol. The number of nitrogens with zero attached hydrogens (tertiary/aromatic N) is 2. The van der Waals surface area contributed by atoms with Crippen LogP contribution in [-0.4, -0.2) is 22.6 Å². The topological polar surface area (TPSA) is 84.8 Å². The molecule has 96 valence electrons. The Bertz CT molecular complexity index is 889. The highest BCUT2D eigenvalue weighted by Gasteiger charge is 2.20. The van der Waals surface area contributed by atoms with Gasteiger partial charge in [-0.25, -0.2) is 9.07 Å². The van der Waals surface area contributed by atoms with Gasteiger partial charge in [-0.3, -0.25) is 4.79 Å². The molecule has 3 rings (SSSR count). The molecule has 7 heteroatoms. The fourth-order valence-corrected chi connectivity index (χ4v) is 3.09. The lowest BCUT2D eigenvalue weighted by molar-refractivity contribution is 0.582. The van der Waals surface area contributed by atoms with Crippen molar-refractivity contribution in [1.82, 2.24) is 14.2 Å². The molecule has 2 aromatic heterocycles. The minimum Gasteiger partial charge on any atom is -0.268 e. The second kappa shape index (κ2) is 4.06. The van der Waals surface area contributed by atoms with Crippen LogP contribution in [0.3, 0.4) is 0 Å². The molecular weight excluding hydrogens is 266 g/mol. The Labute approximate surface area is 108 Å². The number of H-pyrrole nitrogens is 1. The Kier molecular flexibility index (Phi) is 2.49. The summed E-state index contributed by atoms with van der Waals surface area (Å²) in [5, 5.41) is 6.30. The second-order valence-corrected chi connectivity index (χ2v) is 5.70. The van der Waals surface area contributed by atoms with E-state index in [2.05, 4.69) is 10.2 Å². The largest absolute Gasteiger partial charge is 0.287 e. The number of fused-ring (bicyclic) bond motifs is 1. The van der Waals surface area contributed by atoms with Gasteiger partial charge < -0.3 is 0 Å². The maximum atomic E-state index is 12.4. The van der Waals surface area contributed by atoms with Gasteiger partial charge in [0.05, 0.1) is 5.52 Å². The van der Waals surface area contributed by atoms with Gasteiger partial charge in [-0.05, 0) is 18.2 Å². The first-order valence-corrected chi connectivity index (χ1v) is 6.90. The van der Waals surface area contributed by atoms with Gasteiger partial charge in [0.1, 0.15) is 0 Å². The van der Waals surface area contributed by atoms with E-state index in [1.807, 2.05) is 12.1 Å². The highest BCUT2D eigenvalue weighted by Crippen LogP contribution is 2.20. The molecule has 6 nitrogen and oxygen atoms in total. The molecular formula is C12H9N3O3S. The van der Waals surface area contributed by atoms with Crippen LogP contribution in [0.2, 0.25) is 0 Å². The Balaban J connectivity index is 2.25. The van der Waals surface area contributed by atoms with E-state index in [1.165, 1.54) is 12.3 Å². The zero-order valence-corrected chi connectivity index (χ0v) is 10.5. The van der Waals surface area contributed by atoms with Crippen LogP contribution in [-0.2, 0) is 10.0 Å². The van der Waals surface area contributed by atoms with E-state index in [9.17, 15) is 13.2 Å². The van der Waals surface area contributed by atoms with E-state index in [4.69, 9.17) is 0 Å². The Morgan fingerprint density at radius 3 is 2.58 bits per heavy atom. The monoisotopic (exact) mass is 275 g/mol. The van der Waals surface area contributed by atoms with Crippen molar-refractivity contribution in [3.8, 4) is 0 Å². The average molecular weight is 275 g/mol. The summed E-state index contributed by atoms with van der Waals surface area (Å²) in [7, 11) is -3.80. The van der Waals surface area contributed by atoms with Crippen molar-refractivity contribution in [2.75, 3.05) is 0 Å². The van der Waals surface area contributed by atoms with Crippen molar-refractivity contribution in [3.05, 3.63) is 59.0 Å². The molecule has 0 aliphatic heterocycles. The fourth-order valence-electron chi connectivity index (χ4n) is 1.84. The summed E-state index contributed by atoms with van der Waals surface area (Å²) >= 11 is 0. The van der Waals surface area contributed by atoms with Crippen molar-refractivity contribution in [2.45, 2.75) is 5.03 Å². The smallest absolute Gasteiger partial charge is 0.268 e. The normalized spacial score (nSPS) is 11.8. The minimum absolute atomic E-state index is 0.201. The van der Waals surface area contributed by atoms with Gasteiger partial charge in [0.2, 0.25) is 0 Å². The first-order valence-electron chi connectivity index (χ1n) is 5.46. The van der Waals surface area contributed by atoms with E-state index in [1.54, 1.807) is 18.2 Å². The highest BCUT2D eigenvalue weighted by atomic mass is 32.2. The molecule has 0 fully saturated rings. The number of benzene rings is 1. The molecule has 0 bridgehead atoms. The highest BCUT2D eigenvalue weighted by molar-refractivity contribution is 7.90. The van der Waals surface area contributed by atoms with Gasteiger partial charge in [-0.1, -0.05) is 18.2 Å². The number of aromatic nitrogens is 3. The molecule has 1 aromatic carbocycles. The third-order valence-corrected chi connectivity index (χ3v) is 4.33. The Morgan fingerprint density at radius 1 is 1.05 bits per heavy atom. The summed E-state index contributed by atoms with van der Waals surface area (Å²) < 4.78 is 25.9. The molecule has 0 aliphatic carbocycles. The molecule has 2 heterocycles. The zero-order valence-electron chi connectivity index (χ0n) is 9.65. The number of nitrogens with one attached hydrogen (secondary N) is 1. The summed E-state index contributed by atoms with van der Waals surface area (Å²) in [5.41, 5.74) is 0.117. The van der Waals surface area contributed by atoms with E-state index >= 15 is 0 Å². The molecule has 0 unspecified atom stereocenters. The number of hydrogen-bond donors (Lipinski definition) is 1. The third kappa shape index (κ3) is 1.84. The molecule has 0 saturated carbocycles. The number of rotatable bonds is 2. The van der Waals surface area contributed by atoms with Gasteiger partial charge in [-0.2, -0.15) is 13.5 Å². The molecule has 19 heavy (non-hydrogen) atoms.